The summed E-state index contributed by atoms with van der Waals surface area (Å²) in [5.41, 5.74) is 0.864. The molecule has 2 rings (SSSR count). The molecule has 0 aliphatic carbocycles. The molecule has 0 amide bonds. The number of benzene rings is 1. The molecule has 0 unspecified atom stereocenters. The lowest BCUT2D eigenvalue weighted by atomic mass is 10.1. The Hall–Kier alpha value is -2.16. The van der Waals surface area contributed by atoms with E-state index in [1.54, 1.807) is 18.5 Å². The van der Waals surface area contributed by atoms with Crippen molar-refractivity contribution in [2.24, 2.45) is 0 Å². The normalized spacial score (nSPS) is 10.9. The van der Waals surface area contributed by atoms with Gasteiger partial charge in [-0.2, -0.15) is 0 Å². The molecule has 0 atom stereocenters. The highest BCUT2D eigenvalue weighted by Crippen LogP contribution is 2.18. The summed E-state index contributed by atoms with van der Waals surface area (Å²) >= 11 is 0. The number of pyridine rings is 1. The number of rotatable bonds is 2. The molecule has 3 nitrogen and oxygen atoms in total. The summed E-state index contributed by atoms with van der Waals surface area (Å²) in [6.07, 6.45) is 6.15. The second-order valence-corrected chi connectivity index (χ2v) is 3.12. The van der Waals surface area contributed by atoms with Crippen molar-refractivity contribution in [1.29, 1.82) is 0 Å². The fourth-order valence-electron chi connectivity index (χ4n) is 1.44. The van der Waals surface area contributed by atoms with Crippen LogP contribution in [-0.2, 0) is 4.79 Å². The Morgan fingerprint density at radius 1 is 1.33 bits per heavy atom. The van der Waals surface area contributed by atoms with E-state index in [1.807, 2.05) is 24.3 Å². The maximum atomic E-state index is 10.4. The van der Waals surface area contributed by atoms with Crippen molar-refractivity contribution >= 4 is 22.8 Å². The Morgan fingerprint density at radius 3 is 3.00 bits per heavy atom. The van der Waals surface area contributed by atoms with E-state index in [0.29, 0.717) is 0 Å². The summed E-state index contributed by atoms with van der Waals surface area (Å²) in [4.78, 5) is 14.4. The first-order chi connectivity index (χ1) is 7.27. The minimum atomic E-state index is -0.948. The van der Waals surface area contributed by atoms with E-state index in [9.17, 15) is 4.79 Å². The van der Waals surface area contributed by atoms with Crippen LogP contribution >= 0.6 is 0 Å². The second-order valence-electron chi connectivity index (χ2n) is 3.12. The maximum Gasteiger partial charge on any atom is 0.328 e. The van der Waals surface area contributed by atoms with Crippen LogP contribution in [0.1, 0.15) is 5.56 Å². The highest BCUT2D eigenvalue weighted by Gasteiger charge is 1.97. The lowest BCUT2D eigenvalue weighted by Crippen LogP contribution is -1.86. The monoisotopic (exact) mass is 199 g/mol. The van der Waals surface area contributed by atoms with Gasteiger partial charge < -0.3 is 5.11 Å². The van der Waals surface area contributed by atoms with E-state index in [1.165, 1.54) is 0 Å². The van der Waals surface area contributed by atoms with Crippen LogP contribution in [0.25, 0.3) is 16.8 Å². The molecule has 0 saturated carbocycles. The molecule has 1 heterocycles. The van der Waals surface area contributed by atoms with Gasteiger partial charge in [-0.15, -0.1) is 0 Å². The molecular formula is C12H9NO2. The molecule has 2 aromatic rings. The Labute approximate surface area is 86.7 Å². The van der Waals surface area contributed by atoms with E-state index in [0.717, 1.165) is 22.4 Å². The Bertz CT molecular complexity index is 527. The molecule has 0 aliphatic heterocycles. The topological polar surface area (TPSA) is 50.2 Å². The zero-order valence-electron chi connectivity index (χ0n) is 7.92. The molecule has 15 heavy (non-hydrogen) atoms. The zero-order chi connectivity index (χ0) is 10.7. The van der Waals surface area contributed by atoms with Gasteiger partial charge in [-0.05, 0) is 23.1 Å². The third-order valence-corrected chi connectivity index (χ3v) is 2.12. The molecule has 3 heteroatoms. The SMILES string of the molecule is O=C(O)/C=C/c1cccc2ccncc12. The molecule has 0 aliphatic rings. The summed E-state index contributed by atoms with van der Waals surface area (Å²) in [7, 11) is 0. The van der Waals surface area contributed by atoms with Gasteiger partial charge in [-0.1, -0.05) is 18.2 Å². The van der Waals surface area contributed by atoms with Crippen molar-refractivity contribution in [2.45, 2.75) is 0 Å². The predicted octanol–water partition coefficient (Wildman–Crippen LogP) is 2.33. The van der Waals surface area contributed by atoms with Crippen LogP contribution in [0.5, 0.6) is 0 Å². The molecule has 1 N–H and O–H groups in total. The first-order valence-electron chi connectivity index (χ1n) is 4.51. The standard InChI is InChI=1S/C12H9NO2/c14-12(15)5-4-9-2-1-3-10-6-7-13-8-11(9)10/h1-8H,(H,14,15)/b5-4+. The lowest BCUT2D eigenvalue weighted by Gasteiger charge is -2.00. The number of carboxylic acids is 1. The van der Waals surface area contributed by atoms with Crippen molar-refractivity contribution in [1.82, 2.24) is 4.98 Å². The Morgan fingerprint density at radius 2 is 2.20 bits per heavy atom. The molecule has 0 saturated heterocycles. The van der Waals surface area contributed by atoms with Crippen LogP contribution < -0.4 is 0 Å². The highest BCUT2D eigenvalue weighted by atomic mass is 16.4. The van der Waals surface area contributed by atoms with Crippen molar-refractivity contribution in [3.63, 3.8) is 0 Å². The molecular weight excluding hydrogens is 190 g/mol. The predicted molar refractivity (Wildman–Crippen MR) is 58.4 cm³/mol. The number of carboxylic acid groups (broad SMARTS) is 1. The van der Waals surface area contributed by atoms with Crippen LogP contribution in [0.3, 0.4) is 0 Å². The second kappa shape index (κ2) is 3.92. The fourth-order valence-corrected chi connectivity index (χ4v) is 1.44. The van der Waals surface area contributed by atoms with Crippen LogP contribution in [0, 0.1) is 0 Å². The van der Waals surface area contributed by atoms with E-state index in [-0.39, 0.29) is 0 Å². The average molecular weight is 199 g/mol. The van der Waals surface area contributed by atoms with Gasteiger partial charge in [0.1, 0.15) is 0 Å². The van der Waals surface area contributed by atoms with Gasteiger partial charge in [0.25, 0.3) is 0 Å². The number of hydrogen-bond acceptors (Lipinski definition) is 2. The quantitative estimate of drug-likeness (QED) is 0.755. The Balaban J connectivity index is 2.56. The first kappa shape index (κ1) is 9.40. The van der Waals surface area contributed by atoms with Gasteiger partial charge in [-0.25, -0.2) is 4.79 Å². The maximum absolute atomic E-state index is 10.4. The van der Waals surface area contributed by atoms with E-state index in [4.69, 9.17) is 5.11 Å². The third-order valence-electron chi connectivity index (χ3n) is 2.12. The summed E-state index contributed by atoms with van der Waals surface area (Å²) in [6.45, 7) is 0. The fraction of sp³-hybridized carbons (Fsp3) is 0. The molecule has 74 valence electrons. The minimum absolute atomic E-state index is 0.864. The first-order valence-corrected chi connectivity index (χ1v) is 4.51. The van der Waals surface area contributed by atoms with Crippen molar-refractivity contribution < 1.29 is 9.90 Å². The number of nitrogens with zero attached hydrogens (tertiary/aromatic N) is 1. The van der Waals surface area contributed by atoms with Gasteiger partial charge in [0, 0.05) is 23.9 Å². The highest BCUT2D eigenvalue weighted by molar-refractivity contribution is 5.93. The van der Waals surface area contributed by atoms with E-state index >= 15 is 0 Å². The Kier molecular flexibility index (Phi) is 2.46. The number of aliphatic carboxylic acids is 1. The number of carbonyl (C=O) groups is 1. The number of aromatic nitrogens is 1. The van der Waals surface area contributed by atoms with Crippen molar-refractivity contribution in [2.75, 3.05) is 0 Å². The minimum Gasteiger partial charge on any atom is -0.478 e. The van der Waals surface area contributed by atoms with Crippen LogP contribution in [0.2, 0.25) is 0 Å². The molecule has 0 fully saturated rings. The average Bonchev–Trinajstić information content (AvgIpc) is 2.26. The van der Waals surface area contributed by atoms with Crippen LogP contribution in [0.4, 0.5) is 0 Å². The molecule has 0 radical (unpaired) electrons. The summed E-state index contributed by atoms with van der Waals surface area (Å²) in [5.74, 6) is -0.948. The third kappa shape index (κ3) is 2.02. The molecule has 0 spiro atoms. The summed E-state index contributed by atoms with van der Waals surface area (Å²) in [6, 6.07) is 7.62. The summed E-state index contributed by atoms with van der Waals surface area (Å²) in [5, 5.41) is 10.6. The van der Waals surface area contributed by atoms with Crippen molar-refractivity contribution in [3.05, 3.63) is 48.3 Å². The van der Waals surface area contributed by atoms with Crippen LogP contribution in [-0.4, -0.2) is 16.1 Å². The zero-order valence-corrected chi connectivity index (χ0v) is 7.92. The molecule has 1 aromatic carbocycles. The smallest absolute Gasteiger partial charge is 0.328 e. The van der Waals surface area contributed by atoms with Crippen molar-refractivity contribution in [3.8, 4) is 0 Å². The van der Waals surface area contributed by atoms with Crippen LogP contribution in [0.15, 0.2) is 42.7 Å². The van der Waals surface area contributed by atoms with Gasteiger partial charge in [0.2, 0.25) is 0 Å². The van der Waals surface area contributed by atoms with Gasteiger partial charge in [-0.3, -0.25) is 4.98 Å². The summed E-state index contributed by atoms with van der Waals surface area (Å²) < 4.78 is 0. The molecule has 1 aromatic heterocycles. The van der Waals surface area contributed by atoms with Gasteiger partial charge >= 0.3 is 5.97 Å². The van der Waals surface area contributed by atoms with E-state index < -0.39 is 5.97 Å². The number of hydrogen-bond donors (Lipinski definition) is 1. The largest absolute Gasteiger partial charge is 0.478 e. The van der Waals surface area contributed by atoms with E-state index in [2.05, 4.69) is 4.98 Å². The molecule has 0 bridgehead atoms. The number of fused-ring (bicyclic) bond motifs is 1. The van der Waals surface area contributed by atoms with Gasteiger partial charge in [0.15, 0.2) is 0 Å². The van der Waals surface area contributed by atoms with Gasteiger partial charge in [0.05, 0.1) is 0 Å². The lowest BCUT2D eigenvalue weighted by molar-refractivity contribution is -0.131.